The first kappa shape index (κ1) is 45.1. The lowest BCUT2D eigenvalue weighted by atomic mass is 10.0. The molecule has 0 spiro atoms. The molecular weight excluding hydrogens is 570 g/mol. The van der Waals surface area contributed by atoms with E-state index in [0.717, 1.165) is 44.9 Å². The van der Waals surface area contributed by atoms with Gasteiger partial charge in [0.1, 0.15) is 6.10 Å². The minimum Gasteiger partial charge on any atom is -0.394 e. The molecule has 5 nitrogen and oxygen atoms in total. The predicted molar refractivity (Wildman–Crippen MR) is 199 cm³/mol. The SMILES string of the molecule is CCCC/C=C\CCCCCC(O)C(=O)NC(CO)C(O)CCCCCCCCCCCCCCCCCCCCCCCCC. The van der Waals surface area contributed by atoms with Gasteiger partial charge < -0.3 is 20.6 Å². The minimum atomic E-state index is -1.08. The molecule has 5 heteroatoms. The number of allylic oxidation sites excluding steroid dienone is 2. The Bertz CT molecular complexity index is 640. The topological polar surface area (TPSA) is 89.8 Å². The quantitative estimate of drug-likeness (QED) is 0.0397. The molecule has 3 atom stereocenters. The third-order valence-electron chi connectivity index (χ3n) is 9.63. The van der Waals surface area contributed by atoms with Crippen LogP contribution in [0.25, 0.3) is 0 Å². The second kappa shape index (κ2) is 36.9. The van der Waals surface area contributed by atoms with Gasteiger partial charge in [-0.05, 0) is 32.1 Å². The van der Waals surface area contributed by atoms with Crippen molar-refractivity contribution >= 4 is 5.91 Å². The summed E-state index contributed by atoms with van der Waals surface area (Å²) in [7, 11) is 0. The molecule has 0 saturated carbocycles. The van der Waals surface area contributed by atoms with Crippen LogP contribution in [0.5, 0.6) is 0 Å². The number of nitrogens with one attached hydrogen (secondary N) is 1. The molecular formula is C41H81NO4. The van der Waals surface area contributed by atoms with Gasteiger partial charge in [-0.3, -0.25) is 4.79 Å². The number of unbranched alkanes of at least 4 members (excludes halogenated alkanes) is 27. The van der Waals surface area contributed by atoms with Crippen LogP contribution in [0.15, 0.2) is 12.2 Å². The van der Waals surface area contributed by atoms with Gasteiger partial charge in [0.05, 0.1) is 18.8 Å². The van der Waals surface area contributed by atoms with Crippen LogP contribution in [0.3, 0.4) is 0 Å². The molecule has 0 aromatic carbocycles. The smallest absolute Gasteiger partial charge is 0.249 e. The van der Waals surface area contributed by atoms with Crippen LogP contribution in [0.1, 0.15) is 219 Å². The van der Waals surface area contributed by atoms with E-state index in [1.54, 1.807) is 0 Å². The van der Waals surface area contributed by atoms with Crippen LogP contribution in [0.4, 0.5) is 0 Å². The summed E-state index contributed by atoms with van der Waals surface area (Å²) in [5.74, 6) is -0.484. The molecule has 0 aliphatic carbocycles. The zero-order valence-electron chi connectivity index (χ0n) is 31.0. The first-order valence-corrected chi connectivity index (χ1v) is 20.5. The largest absolute Gasteiger partial charge is 0.394 e. The van der Waals surface area contributed by atoms with E-state index in [0.29, 0.717) is 12.8 Å². The van der Waals surface area contributed by atoms with E-state index >= 15 is 0 Å². The van der Waals surface area contributed by atoms with Gasteiger partial charge in [-0.25, -0.2) is 0 Å². The van der Waals surface area contributed by atoms with Gasteiger partial charge in [-0.15, -0.1) is 0 Å². The van der Waals surface area contributed by atoms with E-state index in [4.69, 9.17) is 0 Å². The highest BCUT2D eigenvalue weighted by Crippen LogP contribution is 2.16. The first-order chi connectivity index (χ1) is 22.6. The van der Waals surface area contributed by atoms with E-state index in [1.807, 2.05) is 0 Å². The lowest BCUT2D eigenvalue weighted by Gasteiger charge is -2.23. The van der Waals surface area contributed by atoms with Gasteiger partial charge in [-0.2, -0.15) is 0 Å². The molecule has 0 aromatic heterocycles. The van der Waals surface area contributed by atoms with Crippen molar-refractivity contribution in [2.45, 2.75) is 238 Å². The number of carbonyl (C=O) groups excluding carboxylic acids is 1. The number of hydrogen-bond acceptors (Lipinski definition) is 4. The molecule has 0 rings (SSSR count). The van der Waals surface area contributed by atoms with Crippen LogP contribution in [0, 0.1) is 0 Å². The fraction of sp³-hybridized carbons (Fsp3) is 0.927. The molecule has 274 valence electrons. The molecule has 0 saturated heterocycles. The van der Waals surface area contributed by atoms with Crippen molar-refractivity contribution in [2.75, 3.05) is 6.61 Å². The summed E-state index contributed by atoms with van der Waals surface area (Å²) in [6.07, 6.45) is 42.2. The summed E-state index contributed by atoms with van der Waals surface area (Å²) in [5.41, 5.74) is 0. The fourth-order valence-corrected chi connectivity index (χ4v) is 6.35. The lowest BCUT2D eigenvalue weighted by Crippen LogP contribution is -2.49. The van der Waals surface area contributed by atoms with Gasteiger partial charge in [0, 0.05) is 0 Å². The highest BCUT2D eigenvalue weighted by atomic mass is 16.3. The molecule has 0 aromatic rings. The summed E-state index contributed by atoms with van der Waals surface area (Å²) in [4.78, 5) is 12.4. The maximum absolute atomic E-state index is 12.4. The van der Waals surface area contributed by atoms with E-state index < -0.39 is 24.2 Å². The van der Waals surface area contributed by atoms with E-state index in [2.05, 4.69) is 31.3 Å². The van der Waals surface area contributed by atoms with Gasteiger partial charge >= 0.3 is 0 Å². The molecule has 0 heterocycles. The van der Waals surface area contributed by atoms with Gasteiger partial charge in [0.2, 0.25) is 5.91 Å². The van der Waals surface area contributed by atoms with Crippen LogP contribution >= 0.6 is 0 Å². The maximum Gasteiger partial charge on any atom is 0.249 e. The summed E-state index contributed by atoms with van der Waals surface area (Å²) in [5, 5.41) is 33.1. The molecule has 0 fully saturated rings. The monoisotopic (exact) mass is 652 g/mol. The molecule has 0 radical (unpaired) electrons. The van der Waals surface area contributed by atoms with Crippen LogP contribution < -0.4 is 5.32 Å². The standard InChI is InChI=1S/C41H81NO4/c1-3-5-7-9-11-13-14-15-16-17-18-19-20-21-22-23-24-25-26-28-29-31-33-35-39(44)38(37-43)42-41(46)40(45)36-34-32-30-27-12-10-8-6-4-2/h10,12,38-40,43-45H,3-9,11,13-37H2,1-2H3,(H,42,46)/b12-10-. The molecule has 46 heavy (non-hydrogen) atoms. The third kappa shape index (κ3) is 31.7. The Kier molecular flexibility index (Phi) is 36.2. The van der Waals surface area contributed by atoms with Crippen molar-refractivity contribution in [3.63, 3.8) is 0 Å². The van der Waals surface area contributed by atoms with Crippen molar-refractivity contribution in [3.8, 4) is 0 Å². The van der Waals surface area contributed by atoms with Gasteiger partial charge in [0.15, 0.2) is 0 Å². The number of rotatable bonds is 37. The van der Waals surface area contributed by atoms with Gasteiger partial charge in [0.25, 0.3) is 0 Å². The molecule has 1 amide bonds. The molecule has 4 N–H and O–H groups in total. The van der Waals surface area contributed by atoms with E-state index in [9.17, 15) is 20.1 Å². The maximum atomic E-state index is 12.4. The number of aliphatic hydroxyl groups excluding tert-OH is 3. The summed E-state index contributed by atoms with van der Waals surface area (Å²) in [6.45, 7) is 4.17. The van der Waals surface area contributed by atoms with Crippen molar-refractivity contribution < 1.29 is 20.1 Å². The van der Waals surface area contributed by atoms with Crippen molar-refractivity contribution in [3.05, 3.63) is 12.2 Å². The Morgan fingerprint density at radius 3 is 1.26 bits per heavy atom. The lowest BCUT2D eigenvalue weighted by molar-refractivity contribution is -0.131. The van der Waals surface area contributed by atoms with Crippen molar-refractivity contribution in [2.24, 2.45) is 0 Å². The van der Waals surface area contributed by atoms with Crippen molar-refractivity contribution in [1.82, 2.24) is 5.32 Å². The third-order valence-corrected chi connectivity index (χ3v) is 9.63. The second-order valence-electron chi connectivity index (χ2n) is 14.2. The van der Waals surface area contributed by atoms with Crippen LogP contribution in [-0.4, -0.2) is 46.1 Å². The average molecular weight is 652 g/mol. The second-order valence-corrected chi connectivity index (χ2v) is 14.2. The molecule has 3 unspecified atom stereocenters. The highest BCUT2D eigenvalue weighted by Gasteiger charge is 2.23. The van der Waals surface area contributed by atoms with Gasteiger partial charge in [-0.1, -0.05) is 199 Å². The Morgan fingerprint density at radius 2 is 0.848 bits per heavy atom. The number of carbonyl (C=O) groups is 1. The first-order valence-electron chi connectivity index (χ1n) is 20.5. The Morgan fingerprint density at radius 1 is 0.500 bits per heavy atom. The molecule has 0 aliphatic heterocycles. The van der Waals surface area contributed by atoms with E-state index in [-0.39, 0.29) is 6.61 Å². The number of amides is 1. The zero-order valence-corrected chi connectivity index (χ0v) is 31.0. The number of aliphatic hydroxyl groups is 3. The predicted octanol–water partition coefficient (Wildman–Crippen LogP) is 11.3. The van der Waals surface area contributed by atoms with Crippen molar-refractivity contribution in [1.29, 1.82) is 0 Å². The summed E-state index contributed by atoms with van der Waals surface area (Å²) < 4.78 is 0. The number of hydrogen-bond donors (Lipinski definition) is 4. The highest BCUT2D eigenvalue weighted by molar-refractivity contribution is 5.80. The summed E-state index contributed by atoms with van der Waals surface area (Å²) >= 11 is 0. The molecule has 0 bridgehead atoms. The fourth-order valence-electron chi connectivity index (χ4n) is 6.35. The normalized spacial score (nSPS) is 13.8. The van der Waals surface area contributed by atoms with Crippen LogP contribution in [-0.2, 0) is 4.79 Å². The minimum absolute atomic E-state index is 0.316. The zero-order chi connectivity index (χ0) is 33.8. The Hall–Kier alpha value is -0.910. The van der Waals surface area contributed by atoms with Crippen LogP contribution in [0.2, 0.25) is 0 Å². The Balaban J connectivity index is 3.54. The average Bonchev–Trinajstić information content (AvgIpc) is 3.06. The van der Waals surface area contributed by atoms with E-state index in [1.165, 1.54) is 148 Å². The summed E-state index contributed by atoms with van der Waals surface area (Å²) in [6, 6.07) is -0.713. The Labute approximate surface area is 287 Å². The molecule has 0 aliphatic rings.